The van der Waals surface area contributed by atoms with Gasteiger partial charge in [0.2, 0.25) is 0 Å². The van der Waals surface area contributed by atoms with Crippen molar-refractivity contribution >= 4 is 20.7 Å². The summed E-state index contributed by atoms with van der Waals surface area (Å²) < 4.78 is 65.8. The number of rotatable bonds is 3. The molecule has 1 heterocycles. The van der Waals surface area contributed by atoms with Crippen LogP contribution in [0.15, 0.2) is 77.8 Å². The lowest BCUT2D eigenvalue weighted by atomic mass is 9.93. The number of hydrogen-bond donors (Lipinski definition) is 0. The molecule has 7 heteroatoms. The number of alkyl halides is 3. The average molecular weight is 441 g/mol. The molecule has 0 radical (unpaired) electrons. The quantitative estimate of drug-likeness (QED) is 0.375. The van der Waals surface area contributed by atoms with Gasteiger partial charge in [0.25, 0.3) is 0 Å². The van der Waals surface area contributed by atoms with Crippen molar-refractivity contribution in [2.24, 2.45) is 0 Å². The Morgan fingerprint density at radius 3 is 2.23 bits per heavy atom. The molecule has 3 nitrogen and oxygen atoms in total. The summed E-state index contributed by atoms with van der Waals surface area (Å²) in [5.41, 5.74) is 1.94. The van der Waals surface area contributed by atoms with Crippen LogP contribution >= 0.6 is 0 Å². The Morgan fingerprint density at radius 2 is 1.58 bits per heavy atom. The molecule has 0 spiro atoms. The number of fused-ring (bicyclic) bond motifs is 1. The second-order valence-corrected chi connectivity index (χ2v) is 9.35. The van der Waals surface area contributed by atoms with Crippen LogP contribution in [0.2, 0.25) is 0 Å². The van der Waals surface area contributed by atoms with Crippen LogP contribution in [0.5, 0.6) is 0 Å². The monoisotopic (exact) mass is 441 g/mol. The van der Waals surface area contributed by atoms with Gasteiger partial charge in [-0.25, -0.2) is 8.42 Å². The largest absolute Gasteiger partial charge is 0.418 e. The fourth-order valence-electron chi connectivity index (χ4n) is 3.77. The third-order valence-corrected chi connectivity index (χ3v) is 6.30. The fraction of sp³-hybridized carbons (Fsp3) is 0.125. The van der Waals surface area contributed by atoms with Gasteiger partial charge in [0, 0.05) is 23.4 Å². The van der Waals surface area contributed by atoms with Gasteiger partial charge in [-0.05, 0) is 47.4 Å². The minimum absolute atomic E-state index is 0.0557. The molecular formula is C24H18F3NO2S. The van der Waals surface area contributed by atoms with Gasteiger partial charge in [-0.3, -0.25) is 4.98 Å². The normalized spacial score (nSPS) is 12.3. The first-order valence-corrected chi connectivity index (χ1v) is 11.3. The van der Waals surface area contributed by atoms with Crippen molar-refractivity contribution in [3.05, 3.63) is 84.1 Å². The van der Waals surface area contributed by atoms with E-state index in [0.29, 0.717) is 16.7 Å². The van der Waals surface area contributed by atoms with E-state index in [2.05, 4.69) is 4.98 Å². The molecule has 0 atom stereocenters. The third kappa shape index (κ3) is 3.93. The number of nitrogens with zero attached hydrogens (tertiary/aromatic N) is 1. The Kier molecular flexibility index (Phi) is 5.09. The number of hydrogen-bond acceptors (Lipinski definition) is 3. The van der Waals surface area contributed by atoms with Gasteiger partial charge < -0.3 is 0 Å². The summed E-state index contributed by atoms with van der Waals surface area (Å²) in [6.45, 7) is 1.71. The number of benzene rings is 3. The van der Waals surface area contributed by atoms with Crippen LogP contribution in [0.25, 0.3) is 33.2 Å². The molecule has 0 fully saturated rings. The van der Waals surface area contributed by atoms with Crippen molar-refractivity contribution in [1.29, 1.82) is 0 Å². The molecule has 0 aliphatic heterocycles. The molecule has 0 bridgehead atoms. The molecule has 0 aliphatic rings. The van der Waals surface area contributed by atoms with Gasteiger partial charge >= 0.3 is 6.18 Å². The Hall–Kier alpha value is -3.19. The number of aromatic nitrogens is 1. The maximum atomic E-state index is 13.6. The van der Waals surface area contributed by atoms with E-state index in [0.717, 1.165) is 23.4 Å². The van der Waals surface area contributed by atoms with Crippen LogP contribution in [0.4, 0.5) is 13.2 Å². The van der Waals surface area contributed by atoms with E-state index in [1.807, 2.05) is 30.3 Å². The van der Waals surface area contributed by atoms with E-state index >= 15 is 0 Å². The van der Waals surface area contributed by atoms with Crippen LogP contribution in [0, 0.1) is 6.92 Å². The minimum Gasteiger partial charge on any atom is -0.255 e. The van der Waals surface area contributed by atoms with Crippen LogP contribution in [-0.4, -0.2) is 19.7 Å². The average Bonchev–Trinajstić information content (AvgIpc) is 2.72. The van der Waals surface area contributed by atoms with E-state index in [-0.39, 0.29) is 15.8 Å². The van der Waals surface area contributed by atoms with Gasteiger partial charge in [0.05, 0.1) is 16.0 Å². The molecule has 0 saturated heterocycles. The highest BCUT2D eigenvalue weighted by atomic mass is 32.2. The summed E-state index contributed by atoms with van der Waals surface area (Å²) in [5.74, 6) is 0. The Balaban J connectivity index is 2.11. The number of sulfone groups is 1. The van der Waals surface area contributed by atoms with Crippen molar-refractivity contribution in [2.75, 3.05) is 6.26 Å². The van der Waals surface area contributed by atoms with Crippen molar-refractivity contribution < 1.29 is 21.6 Å². The fourth-order valence-corrected chi connectivity index (χ4v) is 4.64. The maximum Gasteiger partial charge on any atom is 0.418 e. The predicted molar refractivity (Wildman–Crippen MR) is 115 cm³/mol. The van der Waals surface area contributed by atoms with Gasteiger partial charge in [-0.1, -0.05) is 48.5 Å². The molecule has 0 amide bonds. The molecule has 0 unspecified atom stereocenters. The summed E-state index contributed by atoms with van der Waals surface area (Å²) in [6, 6.07) is 18.1. The number of aryl methyl sites for hydroxylation is 1. The lowest BCUT2D eigenvalue weighted by Gasteiger charge is -2.17. The van der Waals surface area contributed by atoms with Crippen molar-refractivity contribution in [1.82, 2.24) is 4.98 Å². The SMILES string of the molecule is Cc1cnc2c(C(F)(F)F)cccc2c1-c1cc(-c2ccccc2)ccc1S(C)(=O)=O. The smallest absolute Gasteiger partial charge is 0.255 e. The maximum absolute atomic E-state index is 13.6. The van der Waals surface area contributed by atoms with E-state index in [9.17, 15) is 21.6 Å². The van der Waals surface area contributed by atoms with Crippen LogP contribution < -0.4 is 0 Å². The van der Waals surface area contributed by atoms with Gasteiger partial charge in [0.15, 0.2) is 9.84 Å². The second-order valence-electron chi connectivity index (χ2n) is 7.36. The molecule has 0 aliphatic carbocycles. The molecule has 4 rings (SSSR count). The van der Waals surface area contributed by atoms with Crippen molar-refractivity contribution in [3.8, 4) is 22.3 Å². The Morgan fingerprint density at radius 1 is 0.871 bits per heavy atom. The summed E-state index contributed by atoms with van der Waals surface area (Å²) >= 11 is 0. The minimum atomic E-state index is -4.58. The number of halogens is 3. The molecule has 0 saturated carbocycles. The molecule has 0 N–H and O–H groups in total. The highest BCUT2D eigenvalue weighted by Gasteiger charge is 2.33. The van der Waals surface area contributed by atoms with E-state index < -0.39 is 21.6 Å². The molecule has 31 heavy (non-hydrogen) atoms. The van der Waals surface area contributed by atoms with Crippen LogP contribution in [0.1, 0.15) is 11.1 Å². The third-order valence-electron chi connectivity index (χ3n) is 5.15. The first-order valence-electron chi connectivity index (χ1n) is 9.43. The summed E-state index contributed by atoms with van der Waals surface area (Å²) in [5, 5.41) is 0.255. The standard InChI is InChI=1S/C24H18F3NO2S/c1-15-14-28-23-18(9-6-10-20(23)24(25,26)27)22(15)19-13-17(16-7-4-3-5-8-16)11-12-21(19)31(2,29)30/h3-14H,1-2H3. The van der Waals surface area contributed by atoms with Crippen molar-refractivity contribution in [3.63, 3.8) is 0 Å². The molecule has 4 aromatic rings. The van der Waals surface area contributed by atoms with Gasteiger partial charge in [-0.2, -0.15) is 13.2 Å². The highest BCUT2D eigenvalue weighted by molar-refractivity contribution is 7.90. The summed E-state index contributed by atoms with van der Waals surface area (Å²) in [7, 11) is -3.65. The zero-order valence-electron chi connectivity index (χ0n) is 16.7. The molecular weight excluding hydrogens is 423 g/mol. The van der Waals surface area contributed by atoms with Crippen molar-refractivity contribution in [2.45, 2.75) is 18.0 Å². The van der Waals surface area contributed by atoms with Crippen LogP contribution in [0.3, 0.4) is 0 Å². The first-order chi connectivity index (χ1) is 14.6. The van der Waals surface area contributed by atoms with E-state index in [1.165, 1.54) is 18.3 Å². The van der Waals surface area contributed by atoms with E-state index in [4.69, 9.17) is 0 Å². The zero-order valence-corrected chi connectivity index (χ0v) is 17.6. The van der Waals surface area contributed by atoms with Gasteiger partial charge in [0.1, 0.15) is 0 Å². The zero-order chi connectivity index (χ0) is 22.4. The molecule has 1 aromatic heterocycles. The van der Waals surface area contributed by atoms with Gasteiger partial charge in [-0.15, -0.1) is 0 Å². The number of pyridine rings is 1. The summed E-state index contributed by atoms with van der Waals surface area (Å²) in [6.07, 6.45) is -2.13. The van der Waals surface area contributed by atoms with E-state index in [1.54, 1.807) is 25.1 Å². The van der Waals surface area contributed by atoms with Crippen LogP contribution in [-0.2, 0) is 16.0 Å². The Labute approximate surface area is 178 Å². The molecule has 158 valence electrons. The lowest BCUT2D eigenvalue weighted by Crippen LogP contribution is -2.07. The number of para-hydroxylation sites is 1. The first kappa shape index (κ1) is 21.1. The second kappa shape index (κ2) is 7.50. The Bertz CT molecular complexity index is 1400. The summed E-state index contributed by atoms with van der Waals surface area (Å²) in [4.78, 5) is 4.09. The topological polar surface area (TPSA) is 47.0 Å². The molecule has 3 aromatic carbocycles. The highest BCUT2D eigenvalue weighted by Crippen LogP contribution is 2.41. The predicted octanol–water partition coefficient (Wildman–Crippen LogP) is 6.30. The lowest BCUT2D eigenvalue weighted by molar-refractivity contribution is -0.136.